The summed E-state index contributed by atoms with van der Waals surface area (Å²) in [7, 11) is 0. The molecule has 146 valence electrons. The van der Waals surface area contributed by atoms with Crippen LogP contribution in [-0.2, 0) is 4.74 Å². The van der Waals surface area contributed by atoms with E-state index in [0.29, 0.717) is 22.6 Å². The van der Waals surface area contributed by atoms with Crippen molar-refractivity contribution in [1.29, 1.82) is 0 Å². The number of aromatic nitrogens is 1. The zero-order chi connectivity index (χ0) is 19.5. The first-order valence-electron chi connectivity index (χ1n) is 9.75. The fraction of sp³-hybridized carbons (Fsp3) is 0.455. The molecule has 27 heavy (non-hydrogen) atoms. The quantitative estimate of drug-likeness (QED) is 0.425. The van der Waals surface area contributed by atoms with Crippen LogP contribution in [0.4, 0.5) is 0 Å². The molecule has 0 amide bonds. The lowest BCUT2D eigenvalue weighted by Gasteiger charge is -2.05. The lowest BCUT2D eigenvalue weighted by atomic mass is 10.2. The van der Waals surface area contributed by atoms with Gasteiger partial charge in [-0.05, 0) is 37.1 Å². The molecule has 0 saturated heterocycles. The van der Waals surface area contributed by atoms with Gasteiger partial charge in [-0.3, -0.25) is 4.79 Å². The standard InChI is InChI=1S/C12H7NO3.C10H22O/c14-7-1-3-9-11(5-7)16-12-6-8(15)2-4-10(12)13-9;1-3-5-7-9-11-10-8-6-4-2/h1-6,14H;3-10H2,1-2H3. The van der Waals surface area contributed by atoms with Crippen molar-refractivity contribution in [3.05, 3.63) is 46.6 Å². The van der Waals surface area contributed by atoms with E-state index < -0.39 is 0 Å². The molecule has 5 nitrogen and oxygen atoms in total. The summed E-state index contributed by atoms with van der Waals surface area (Å²) in [5.74, 6) is 0.529. The minimum atomic E-state index is -0.127. The SMILES string of the molecule is CCCCCOCCCCC.O=c1ccc2nc3ccc(O)cc3oc-2c1. The fourth-order valence-electron chi connectivity index (χ4n) is 2.60. The van der Waals surface area contributed by atoms with Crippen LogP contribution >= 0.6 is 0 Å². The van der Waals surface area contributed by atoms with Gasteiger partial charge in [-0.1, -0.05) is 39.5 Å². The van der Waals surface area contributed by atoms with Crippen LogP contribution in [0.3, 0.4) is 0 Å². The van der Waals surface area contributed by atoms with Gasteiger partial charge in [0, 0.05) is 25.3 Å². The first-order chi connectivity index (χ1) is 13.1. The molecule has 3 rings (SSSR count). The normalized spacial score (nSPS) is 10.7. The Balaban J connectivity index is 0.000000211. The Kier molecular flexibility index (Phi) is 8.78. The number of unbranched alkanes of at least 4 members (excludes halogenated alkanes) is 4. The van der Waals surface area contributed by atoms with E-state index in [9.17, 15) is 9.90 Å². The van der Waals surface area contributed by atoms with E-state index in [1.54, 1.807) is 18.2 Å². The third-order valence-corrected chi connectivity index (χ3v) is 4.12. The number of rotatable bonds is 8. The molecule has 1 aliphatic carbocycles. The minimum Gasteiger partial charge on any atom is -0.508 e. The number of ether oxygens (including phenoxy) is 1. The molecule has 0 bridgehead atoms. The molecule has 1 aromatic rings. The van der Waals surface area contributed by atoms with Gasteiger partial charge in [0.2, 0.25) is 0 Å². The molecule has 1 N–H and O–H groups in total. The number of hydrogen-bond donors (Lipinski definition) is 1. The van der Waals surface area contributed by atoms with Gasteiger partial charge in [0.25, 0.3) is 0 Å². The Morgan fingerprint density at radius 2 is 1.67 bits per heavy atom. The van der Waals surface area contributed by atoms with E-state index in [2.05, 4.69) is 18.8 Å². The van der Waals surface area contributed by atoms with E-state index >= 15 is 0 Å². The number of nitrogens with zero attached hydrogens (tertiary/aromatic N) is 1. The maximum Gasteiger partial charge on any atom is 0.182 e. The predicted octanol–water partition coefficient (Wildman–Crippen LogP) is 5.38. The largest absolute Gasteiger partial charge is 0.508 e. The number of fused-ring (bicyclic) bond motifs is 2. The first kappa shape index (κ1) is 20.9. The monoisotopic (exact) mass is 371 g/mol. The zero-order valence-electron chi connectivity index (χ0n) is 16.2. The second-order valence-corrected chi connectivity index (χ2v) is 6.52. The van der Waals surface area contributed by atoms with Gasteiger partial charge >= 0.3 is 0 Å². The highest BCUT2D eigenvalue weighted by molar-refractivity contribution is 5.77. The van der Waals surface area contributed by atoms with E-state index in [4.69, 9.17) is 9.15 Å². The summed E-state index contributed by atoms with van der Waals surface area (Å²) in [6.07, 6.45) is 7.68. The molecule has 0 unspecified atom stereocenters. The topological polar surface area (TPSA) is 72.6 Å². The molecule has 0 saturated carbocycles. The summed E-state index contributed by atoms with van der Waals surface area (Å²) in [5, 5.41) is 9.31. The second kappa shape index (κ2) is 11.3. The summed E-state index contributed by atoms with van der Waals surface area (Å²) in [4.78, 5) is 15.5. The third kappa shape index (κ3) is 7.02. The highest BCUT2D eigenvalue weighted by atomic mass is 16.5. The summed E-state index contributed by atoms with van der Waals surface area (Å²) in [6, 6.07) is 9.12. The number of phenols is 1. The summed E-state index contributed by atoms with van der Waals surface area (Å²) < 4.78 is 10.9. The Labute approximate surface area is 160 Å². The number of aromatic hydroxyl groups is 1. The summed E-state index contributed by atoms with van der Waals surface area (Å²) >= 11 is 0. The Hall–Kier alpha value is -2.40. The van der Waals surface area contributed by atoms with Crippen molar-refractivity contribution in [3.8, 4) is 17.2 Å². The van der Waals surface area contributed by atoms with E-state index in [0.717, 1.165) is 13.2 Å². The van der Waals surface area contributed by atoms with Gasteiger partial charge in [0.15, 0.2) is 16.8 Å². The van der Waals surface area contributed by atoms with Crippen LogP contribution in [-0.4, -0.2) is 23.3 Å². The number of hydrogen-bond acceptors (Lipinski definition) is 5. The Morgan fingerprint density at radius 1 is 0.963 bits per heavy atom. The van der Waals surface area contributed by atoms with Crippen molar-refractivity contribution in [2.75, 3.05) is 13.2 Å². The van der Waals surface area contributed by atoms with Crippen molar-refractivity contribution in [2.45, 2.75) is 52.4 Å². The number of phenolic OH excluding ortho intramolecular Hbond substituents is 1. The van der Waals surface area contributed by atoms with Gasteiger partial charge in [-0.25, -0.2) is 4.98 Å². The van der Waals surface area contributed by atoms with Crippen molar-refractivity contribution < 1.29 is 14.3 Å². The summed E-state index contributed by atoms with van der Waals surface area (Å²) in [5.41, 5.74) is 1.59. The lowest BCUT2D eigenvalue weighted by molar-refractivity contribution is 0.126. The van der Waals surface area contributed by atoms with Gasteiger partial charge in [0.1, 0.15) is 17.0 Å². The Bertz CT molecular complexity index is 835. The van der Waals surface area contributed by atoms with Crippen molar-refractivity contribution >= 4 is 11.1 Å². The van der Waals surface area contributed by atoms with E-state index in [-0.39, 0.29) is 11.2 Å². The second-order valence-electron chi connectivity index (χ2n) is 6.52. The van der Waals surface area contributed by atoms with E-state index in [1.165, 1.54) is 56.7 Å². The van der Waals surface area contributed by atoms with Crippen LogP contribution in [0.1, 0.15) is 52.4 Å². The molecule has 1 heterocycles. The van der Waals surface area contributed by atoms with Crippen LogP contribution in [0.2, 0.25) is 0 Å². The number of benzene rings is 2. The summed E-state index contributed by atoms with van der Waals surface area (Å²) in [6.45, 7) is 6.38. The predicted molar refractivity (Wildman–Crippen MR) is 108 cm³/mol. The smallest absolute Gasteiger partial charge is 0.182 e. The minimum absolute atomic E-state index is 0.107. The molecule has 5 heteroatoms. The molecule has 0 spiro atoms. The van der Waals surface area contributed by atoms with Crippen LogP contribution in [0, 0.1) is 0 Å². The zero-order valence-corrected chi connectivity index (χ0v) is 16.2. The molecule has 0 aromatic heterocycles. The maximum absolute atomic E-state index is 11.1. The third-order valence-electron chi connectivity index (χ3n) is 4.12. The fourth-order valence-corrected chi connectivity index (χ4v) is 2.60. The van der Waals surface area contributed by atoms with Crippen LogP contribution < -0.4 is 5.43 Å². The molecular weight excluding hydrogens is 342 g/mol. The highest BCUT2D eigenvalue weighted by Gasteiger charge is 2.09. The van der Waals surface area contributed by atoms with Crippen molar-refractivity contribution in [1.82, 2.24) is 4.98 Å². The van der Waals surface area contributed by atoms with Gasteiger partial charge < -0.3 is 14.3 Å². The van der Waals surface area contributed by atoms with E-state index in [1.807, 2.05) is 0 Å². The average Bonchev–Trinajstić information content (AvgIpc) is 2.66. The van der Waals surface area contributed by atoms with Crippen molar-refractivity contribution in [3.63, 3.8) is 0 Å². The molecular formula is C22H29NO4. The highest BCUT2D eigenvalue weighted by Crippen LogP contribution is 2.25. The molecule has 0 atom stereocenters. The van der Waals surface area contributed by atoms with Gasteiger partial charge in [-0.2, -0.15) is 0 Å². The van der Waals surface area contributed by atoms with Gasteiger partial charge in [-0.15, -0.1) is 0 Å². The van der Waals surface area contributed by atoms with Gasteiger partial charge in [0.05, 0.1) is 0 Å². The van der Waals surface area contributed by atoms with Crippen molar-refractivity contribution in [2.24, 2.45) is 0 Å². The maximum atomic E-state index is 11.1. The average molecular weight is 371 g/mol. The molecule has 0 fully saturated rings. The first-order valence-corrected chi connectivity index (χ1v) is 9.75. The van der Waals surface area contributed by atoms with Crippen LogP contribution in [0.15, 0.2) is 45.6 Å². The molecule has 1 aromatic carbocycles. The van der Waals surface area contributed by atoms with Crippen LogP contribution in [0.5, 0.6) is 5.75 Å². The van der Waals surface area contributed by atoms with Crippen LogP contribution in [0.25, 0.3) is 22.6 Å². The lowest BCUT2D eigenvalue weighted by Crippen LogP contribution is -1.99. The Morgan fingerprint density at radius 3 is 2.33 bits per heavy atom. The molecule has 0 radical (unpaired) electrons. The molecule has 2 aliphatic rings. The molecule has 1 aliphatic heterocycles.